The van der Waals surface area contributed by atoms with Gasteiger partial charge < -0.3 is 9.88 Å². The molecule has 94 valence electrons. The number of carbonyl (C=O) groups excluding carboxylic acids is 1. The van der Waals surface area contributed by atoms with Crippen molar-refractivity contribution in [1.29, 1.82) is 0 Å². The number of amides is 1. The van der Waals surface area contributed by atoms with E-state index in [1.54, 1.807) is 12.4 Å². The Morgan fingerprint density at radius 3 is 2.83 bits per heavy atom. The van der Waals surface area contributed by atoms with Crippen LogP contribution in [-0.4, -0.2) is 21.7 Å². The van der Waals surface area contributed by atoms with Crippen molar-refractivity contribution >= 4 is 39.3 Å². The van der Waals surface area contributed by atoms with E-state index in [4.69, 9.17) is 0 Å². The Balaban J connectivity index is 1.99. The Labute approximate surface area is 118 Å². The Bertz CT molecular complexity index is 539. The topological polar surface area (TPSA) is 46.9 Å². The van der Waals surface area contributed by atoms with Gasteiger partial charge >= 0.3 is 0 Å². The molecule has 1 heterocycles. The first-order valence-electron chi connectivity index (χ1n) is 5.29. The van der Waals surface area contributed by atoms with Crippen molar-refractivity contribution in [3.8, 4) is 0 Å². The van der Waals surface area contributed by atoms with Crippen LogP contribution in [0.15, 0.2) is 46.3 Å². The molecule has 0 aliphatic heterocycles. The predicted molar refractivity (Wildman–Crippen MR) is 76.8 cm³/mol. The molecule has 1 N–H and O–H groups in total. The van der Waals surface area contributed by atoms with E-state index >= 15 is 0 Å². The number of aromatic nitrogens is 2. The molecule has 0 atom stereocenters. The summed E-state index contributed by atoms with van der Waals surface area (Å²) in [5, 5.41) is 3.68. The fraction of sp³-hybridized carbons (Fsp3) is 0.167. The fourth-order valence-corrected chi connectivity index (χ4v) is 2.28. The maximum absolute atomic E-state index is 11.9. The number of hydrogen-bond acceptors (Lipinski definition) is 3. The second-order valence-electron chi connectivity index (χ2n) is 3.60. The highest BCUT2D eigenvalue weighted by molar-refractivity contribution is 9.10. The summed E-state index contributed by atoms with van der Waals surface area (Å²) in [6, 6.07) is 7.48. The van der Waals surface area contributed by atoms with Crippen LogP contribution in [0.2, 0.25) is 0 Å². The standard InChI is InChI=1S/C12H12BrN3OS/c1-18-12-14-6-7-16(12)8-11(17)15-10-4-2-9(13)3-5-10/h2-7H,8H2,1H3,(H,15,17). The van der Waals surface area contributed by atoms with Gasteiger partial charge in [0.25, 0.3) is 0 Å². The summed E-state index contributed by atoms with van der Waals surface area (Å²) < 4.78 is 2.80. The van der Waals surface area contributed by atoms with Gasteiger partial charge in [-0.05, 0) is 30.5 Å². The van der Waals surface area contributed by atoms with Crippen LogP contribution >= 0.6 is 27.7 Å². The fourth-order valence-electron chi connectivity index (χ4n) is 1.49. The third-order valence-corrected chi connectivity index (χ3v) is 3.54. The Morgan fingerprint density at radius 1 is 1.44 bits per heavy atom. The minimum atomic E-state index is -0.0642. The number of rotatable bonds is 4. The third kappa shape index (κ3) is 3.36. The molecule has 0 aliphatic rings. The monoisotopic (exact) mass is 325 g/mol. The van der Waals surface area contributed by atoms with Crippen molar-refractivity contribution in [3.05, 3.63) is 41.1 Å². The summed E-state index contributed by atoms with van der Waals surface area (Å²) in [7, 11) is 0. The second kappa shape index (κ2) is 6.06. The van der Waals surface area contributed by atoms with Gasteiger partial charge in [-0.2, -0.15) is 0 Å². The molecule has 0 bridgehead atoms. The molecule has 2 rings (SSSR count). The van der Waals surface area contributed by atoms with E-state index in [1.165, 1.54) is 11.8 Å². The van der Waals surface area contributed by atoms with Gasteiger partial charge in [-0.15, -0.1) is 0 Å². The third-order valence-electron chi connectivity index (χ3n) is 2.30. The molecule has 0 fully saturated rings. The summed E-state index contributed by atoms with van der Waals surface area (Å²) in [5.41, 5.74) is 0.786. The zero-order valence-electron chi connectivity index (χ0n) is 9.76. The normalized spacial score (nSPS) is 10.3. The maximum Gasteiger partial charge on any atom is 0.244 e. The van der Waals surface area contributed by atoms with Gasteiger partial charge in [0, 0.05) is 22.6 Å². The van der Waals surface area contributed by atoms with Gasteiger partial charge in [0.15, 0.2) is 5.16 Å². The van der Waals surface area contributed by atoms with Crippen LogP contribution in [0.3, 0.4) is 0 Å². The smallest absolute Gasteiger partial charge is 0.244 e. The van der Waals surface area contributed by atoms with Crippen LogP contribution in [-0.2, 0) is 11.3 Å². The van der Waals surface area contributed by atoms with E-state index in [0.29, 0.717) is 0 Å². The minimum absolute atomic E-state index is 0.0642. The molecule has 1 amide bonds. The van der Waals surface area contributed by atoms with E-state index in [1.807, 2.05) is 35.1 Å². The lowest BCUT2D eigenvalue weighted by atomic mass is 10.3. The molecular formula is C12H12BrN3OS. The van der Waals surface area contributed by atoms with Gasteiger partial charge in [0.2, 0.25) is 5.91 Å². The first kappa shape index (κ1) is 13.2. The number of carbonyl (C=O) groups is 1. The van der Waals surface area contributed by atoms with Crippen molar-refractivity contribution < 1.29 is 4.79 Å². The van der Waals surface area contributed by atoms with E-state index < -0.39 is 0 Å². The van der Waals surface area contributed by atoms with Gasteiger partial charge in [-0.1, -0.05) is 27.7 Å². The largest absolute Gasteiger partial charge is 0.325 e. The van der Waals surface area contributed by atoms with Crippen molar-refractivity contribution in [1.82, 2.24) is 9.55 Å². The molecular weight excluding hydrogens is 314 g/mol. The number of imidazole rings is 1. The lowest BCUT2D eigenvalue weighted by molar-refractivity contribution is -0.116. The number of nitrogens with one attached hydrogen (secondary N) is 1. The average Bonchev–Trinajstić information content (AvgIpc) is 2.79. The molecule has 0 radical (unpaired) electrons. The van der Waals surface area contributed by atoms with Gasteiger partial charge in [0.05, 0.1) is 0 Å². The highest BCUT2D eigenvalue weighted by atomic mass is 79.9. The highest BCUT2D eigenvalue weighted by Crippen LogP contribution is 2.15. The average molecular weight is 326 g/mol. The summed E-state index contributed by atoms with van der Waals surface area (Å²) in [5.74, 6) is -0.0642. The Kier molecular flexibility index (Phi) is 4.43. The molecule has 18 heavy (non-hydrogen) atoms. The summed E-state index contributed by atoms with van der Waals surface area (Å²) in [6.45, 7) is 0.270. The lowest BCUT2D eigenvalue weighted by Gasteiger charge is -2.07. The molecule has 0 unspecified atom stereocenters. The van der Waals surface area contributed by atoms with Crippen LogP contribution in [0.4, 0.5) is 5.69 Å². The second-order valence-corrected chi connectivity index (χ2v) is 5.29. The number of benzene rings is 1. The first-order valence-corrected chi connectivity index (χ1v) is 7.31. The molecule has 1 aromatic carbocycles. The number of nitrogens with zero attached hydrogens (tertiary/aromatic N) is 2. The Hall–Kier alpha value is -1.27. The quantitative estimate of drug-likeness (QED) is 0.879. The summed E-state index contributed by atoms with van der Waals surface area (Å²) >= 11 is 4.87. The molecule has 2 aromatic rings. The molecule has 6 heteroatoms. The lowest BCUT2D eigenvalue weighted by Crippen LogP contribution is -2.18. The molecule has 0 aliphatic carbocycles. The molecule has 0 saturated carbocycles. The van der Waals surface area contributed by atoms with Crippen molar-refractivity contribution in [2.75, 3.05) is 11.6 Å². The van der Waals surface area contributed by atoms with Gasteiger partial charge in [-0.3, -0.25) is 4.79 Å². The highest BCUT2D eigenvalue weighted by Gasteiger charge is 2.07. The van der Waals surface area contributed by atoms with Gasteiger partial charge in [0.1, 0.15) is 6.54 Å². The van der Waals surface area contributed by atoms with Gasteiger partial charge in [-0.25, -0.2) is 4.98 Å². The van der Waals surface area contributed by atoms with Crippen LogP contribution in [0.5, 0.6) is 0 Å². The molecule has 1 aromatic heterocycles. The SMILES string of the molecule is CSc1nccn1CC(=O)Nc1ccc(Br)cc1. The van der Waals surface area contributed by atoms with E-state index in [2.05, 4.69) is 26.2 Å². The van der Waals surface area contributed by atoms with E-state index in [-0.39, 0.29) is 12.5 Å². The number of anilines is 1. The van der Waals surface area contributed by atoms with Crippen molar-refractivity contribution in [2.24, 2.45) is 0 Å². The minimum Gasteiger partial charge on any atom is -0.325 e. The van der Waals surface area contributed by atoms with Crippen LogP contribution in [0.25, 0.3) is 0 Å². The summed E-state index contributed by atoms with van der Waals surface area (Å²) in [4.78, 5) is 16.0. The number of thioether (sulfide) groups is 1. The zero-order valence-corrected chi connectivity index (χ0v) is 12.2. The molecule has 4 nitrogen and oxygen atoms in total. The molecule has 0 saturated heterocycles. The zero-order chi connectivity index (χ0) is 13.0. The van der Waals surface area contributed by atoms with Crippen LogP contribution in [0.1, 0.15) is 0 Å². The van der Waals surface area contributed by atoms with Crippen LogP contribution < -0.4 is 5.32 Å². The van der Waals surface area contributed by atoms with Crippen LogP contribution in [0, 0.1) is 0 Å². The van der Waals surface area contributed by atoms with Crippen molar-refractivity contribution in [2.45, 2.75) is 11.7 Å². The number of halogens is 1. The van der Waals surface area contributed by atoms with E-state index in [9.17, 15) is 4.79 Å². The summed E-state index contributed by atoms with van der Waals surface area (Å²) in [6.07, 6.45) is 5.43. The molecule has 0 spiro atoms. The predicted octanol–water partition coefficient (Wildman–Crippen LogP) is 3.01. The number of hydrogen-bond donors (Lipinski definition) is 1. The first-order chi connectivity index (χ1) is 8.69. The van der Waals surface area contributed by atoms with Crippen molar-refractivity contribution in [3.63, 3.8) is 0 Å². The maximum atomic E-state index is 11.9. The Morgan fingerprint density at radius 2 is 2.17 bits per heavy atom. The van der Waals surface area contributed by atoms with E-state index in [0.717, 1.165) is 15.3 Å².